The number of aryl methyl sites for hydroxylation is 2. The minimum atomic E-state index is -0.132. The normalized spacial score (nSPS) is 16.3. The number of amidine groups is 1. The Bertz CT molecular complexity index is 1160. The molecule has 1 aliphatic heterocycles. The zero-order valence-corrected chi connectivity index (χ0v) is 18.2. The third kappa shape index (κ3) is 4.04. The number of hydrogen-bond acceptors (Lipinski definition) is 4. The van der Waals surface area contributed by atoms with Crippen molar-refractivity contribution in [2.75, 3.05) is 7.11 Å². The van der Waals surface area contributed by atoms with E-state index in [2.05, 4.69) is 66.0 Å². The quantitative estimate of drug-likeness (QED) is 0.586. The van der Waals surface area contributed by atoms with E-state index in [0.29, 0.717) is 10.1 Å². The number of ether oxygens (including phenoxy) is 1. The number of carbonyl (C=O) groups excluding carboxylic acids is 1. The Labute approximate surface area is 180 Å². The monoisotopic (exact) mass is 417 g/mol. The van der Waals surface area contributed by atoms with Crippen molar-refractivity contribution in [1.82, 2.24) is 9.88 Å². The van der Waals surface area contributed by atoms with Gasteiger partial charge in [0.05, 0.1) is 17.7 Å². The summed E-state index contributed by atoms with van der Waals surface area (Å²) in [4.78, 5) is 17.6. The van der Waals surface area contributed by atoms with Gasteiger partial charge in [0, 0.05) is 17.1 Å². The molecule has 2 heterocycles. The summed E-state index contributed by atoms with van der Waals surface area (Å²) < 4.78 is 7.37. The van der Waals surface area contributed by atoms with Crippen molar-refractivity contribution in [2.45, 2.75) is 20.8 Å². The van der Waals surface area contributed by atoms with E-state index in [4.69, 9.17) is 4.74 Å². The molecular weight excluding hydrogens is 394 g/mol. The van der Waals surface area contributed by atoms with Gasteiger partial charge >= 0.3 is 0 Å². The van der Waals surface area contributed by atoms with Gasteiger partial charge in [0.1, 0.15) is 5.75 Å². The summed E-state index contributed by atoms with van der Waals surface area (Å²) >= 11 is 1.35. The number of nitrogens with one attached hydrogen (secondary N) is 1. The maximum atomic E-state index is 12.5. The molecule has 30 heavy (non-hydrogen) atoms. The number of aromatic nitrogens is 1. The molecule has 1 amide bonds. The van der Waals surface area contributed by atoms with Crippen LogP contribution in [0.1, 0.15) is 22.5 Å². The molecule has 4 rings (SSSR count). The first-order valence-electron chi connectivity index (χ1n) is 9.64. The van der Waals surface area contributed by atoms with Crippen molar-refractivity contribution in [3.8, 4) is 11.4 Å². The van der Waals surface area contributed by atoms with E-state index in [-0.39, 0.29) is 5.91 Å². The predicted octanol–water partition coefficient (Wildman–Crippen LogP) is 5.30. The zero-order chi connectivity index (χ0) is 21.3. The van der Waals surface area contributed by atoms with Crippen LogP contribution in [-0.4, -0.2) is 22.8 Å². The minimum absolute atomic E-state index is 0.132. The van der Waals surface area contributed by atoms with Crippen molar-refractivity contribution < 1.29 is 9.53 Å². The van der Waals surface area contributed by atoms with Crippen molar-refractivity contribution in [3.05, 3.63) is 82.0 Å². The number of methoxy groups -OCH3 is 1. The summed E-state index contributed by atoms with van der Waals surface area (Å²) in [6, 6.07) is 17.9. The maximum Gasteiger partial charge on any atom is 0.264 e. The topological polar surface area (TPSA) is 55.6 Å². The van der Waals surface area contributed by atoms with E-state index in [1.165, 1.54) is 17.3 Å². The van der Waals surface area contributed by atoms with Crippen LogP contribution in [-0.2, 0) is 4.79 Å². The Balaban J connectivity index is 1.60. The van der Waals surface area contributed by atoms with Crippen LogP contribution in [0.15, 0.2) is 64.5 Å². The molecule has 6 heteroatoms. The molecule has 0 spiro atoms. The summed E-state index contributed by atoms with van der Waals surface area (Å²) in [6.07, 6.45) is 1.93. The van der Waals surface area contributed by atoms with Crippen LogP contribution in [0.25, 0.3) is 11.8 Å². The van der Waals surface area contributed by atoms with E-state index in [0.717, 1.165) is 34.1 Å². The molecule has 1 fully saturated rings. The molecule has 1 N–H and O–H groups in total. The number of amides is 1. The second-order valence-corrected chi connectivity index (χ2v) is 8.21. The Morgan fingerprint density at radius 1 is 1.03 bits per heavy atom. The lowest BCUT2D eigenvalue weighted by Crippen LogP contribution is -2.19. The molecule has 1 aliphatic rings. The molecule has 0 saturated carbocycles. The molecule has 1 saturated heterocycles. The summed E-state index contributed by atoms with van der Waals surface area (Å²) in [6.45, 7) is 6.23. The van der Waals surface area contributed by atoms with Crippen LogP contribution in [0.4, 0.5) is 5.69 Å². The van der Waals surface area contributed by atoms with Crippen LogP contribution in [0.2, 0.25) is 0 Å². The molecule has 0 bridgehead atoms. The smallest absolute Gasteiger partial charge is 0.264 e. The molecule has 2 aromatic carbocycles. The highest BCUT2D eigenvalue weighted by Crippen LogP contribution is 2.31. The van der Waals surface area contributed by atoms with Gasteiger partial charge in [-0.15, -0.1) is 0 Å². The number of carbonyl (C=O) groups is 1. The fourth-order valence-electron chi connectivity index (χ4n) is 3.42. The van der Waals surface area contributed by atoms with E-state index in [9.17, 15) is 4.79 Å². The third-order valence-electron chi connectivity index (χ3n) is 5.00. The van der Waals surface area contributed by atoms with Crippen molar-refractivity contribution in [2.24, 2.45) is 4.99 Å². The lowest BCUT2D eigenvalue weighted by molar-refractivity contribution is -0.115. The van der Waals surface area contributed by atoms with E-state index in [1.807, 2.05) is 30.3 Å². The highest BCUT2D eigenvalue weighted by atomic mass is 32.2. The summed E-state index contributed by atoms with van der Waals surface area (Å²) in [5.74, 6) is 0.638. The lowest BCUT2D eigenvalue weighted by atomic mass is 10.2. The SMILES string of the molecule is COc1ccc(N=C2NC(=O)/C(=C/c3cc(C)n(-c4ccc(C)cc4)c3C)S2)cc1. The number of thioether (sulfide) groups is 1. The van der Waals surface area contributed by atoms with E-state index in [1.54, 1.807) is 7.11 Å². The first kappa shape index (κ1) is 20.0. The average Bonchev–Trinajstić information content (AvgIpc) is 3.21. The van der Waals surface area contributed by atoms with Gasteiger partial charge in [0.15, 0.2) is 5.17 Å². The second-order valence-electron chi connectivity index (χ2n) is 7.18. The molecule has 5 nitrogen and oxygen atoms in total. The van der Waals surface area contributed by atoms with Crippen LogP contribution < -0.4 is 10.1 Å². The van der Waals surface area contributed by atoms with Crippen LogP contribution in [0.5, 0.6) is 5.75 Å². The van der Waals surface area contributed by atoms with Crippen molar-refractivity contribution >= 4 is 34.6 Å². The number of benzene rings is 2. The largest absolute Gasteiger partial charge is 0.497 e. The number of rotatable bonds is 4. The van der Waals surface area contributed by atoms with Gasteiger partial charge in [-0.05, 0) is 86.6 Å². The lowest BCUT2D eigenvalue weighted by Gasteiger charge is -2.10. The summed E-state index contributed by atoms with van der Waals surface area (Å²) in [7, 11) is 1.63. The molecule has 0 aliphatic carbocycles. The molecule has 152 valence electrons. The van der Waals surface area contributed by atoms with Gasteiger partial charge in [0.2, 0.25) is 0 Å². The van der Waals surface area contributed by atoms with E-state index >= 15 is 0 Å². The third-order valence-corrected chi connectivity index (χ3v) is 5.91. The number of aliphatic imine (C=N–C) groups is 1. The molecule has 0 radical (unpaired) electrons. The van der Waals surface area contributed by atoms with Crippen LogP contribution >= 0.6 is 11.8 Å². The molecule has 1 aromatic heterocycles. The van der Waals surface area contributed by atoms with Crippen molar-refractivity contribution in [3.63, 3.8) is 0 Å². The molecular formula is C24H23N3O2S. The minimum Gasteiger partial charge on any atom is -0.497 e. The number of hydrogen-bond donors (Lipinski definition) is 1. The van der Waals surface area contributed by atoms with Gasteiger partial charge in [-0.1, -0.05) is 17.7 Å². The fraction of sp³-hybridized carbons (Fsp3) is 0.167. The van der Waals surface area contributed by atoms with E-state index < -0.39 is 0 Å². The van der Waals surface area contributed by atoms with Gasteiger partial charge in [-0.3, -0.25) is 4.79 Å². The number of nitrogens with zero attached hydrogens (tertiary/aromatic N) is 2. The highest BCUT2D eigenvalue weighted by molar-refractivity contribution is 8.18. The standard InChI is InChI=1S/C24H23N3O2S/c1-15-5-9-20(10-6-15)27-16(2)13-18(17(27)3)14-22-23(28)26-24(30-22)25-19-7-11-21(29-4)12-8-19/h5-14H,1-4H3,(H,25,26,28)/b22-14-. The van der Waals surface area contributed by atoms with Gasteiger partial charge in [-0.2, -0.15) is 0 Å². The maximum absolute atomic E-state index is 12.5. The second kappa shape index (κ2) is 8.24. The summed E-state index contributed by atoms with van der Waals surface area (Å²) in [5, 5.41) is 3.42. The Hall–Kier alpha value is -3.25. The Kier molecular flexibility index (Phi) is 5.50. The van der Waals surface area contributed by atoms with Crippen LogP contribution in [0, 0.1) is 20.8 Å². The fourth-order valence-corrected chi connectivity index (χ4v) is 4.25. The predicted molar refractivity (Wildman–Crippen MR) is 124 cm³/mol. The highest BCUT2D eigenvalue weighted by Gasteiger charge is 2.24. The zero-order valence-electron chi connectivity index (χ0n) is 17.4. The first-order valence-corrected chi connectivity index (χ1v) is 10.5. The Morgan fingerprint density at radius 3 is 2.40 bits per heavy atom. The van der Waals surface area contributed by atoms with Gasteiger partial charge < -0.3 is 14.6 Å². The Morgan fingerprint density at radius 2 is 1.73 bits per heavy atom. The molecule has 0 atom stereocenters. The molecule has 0 unspecified atom stereocenters. The molecule has 3 aromatic rings. The first-order chi connectivity index (χ1) is 14.4. The average molecular weight is 418 g/mol. The van der Waals surface area contributed by atoms with Gasteiger partial charge in [-0.25, -0.2) is 4.99 Å². The summed E-state index contributed by atoms with van der Waals surface area (Å²) in [5.41, 5.74) is 6.35. The van der Waals surface area contributed by atoms with Gasteiger partial charge in [0.25, 0.3) is 5.91 Å². The van der Waals surface area contributed by atoms with Crippen LogP contribution in [0.3, 0.4) is 0 Å². The van der Waals surface area contributed by atoms with Crippen molar-refractivity contribution in [1.29, 1.82) is 0 Å².